The van der Waals surface area contributed by atoms with Crippen molar-refractivity contribution >= 4 is 11.9 Å². The first kappa shape index (κ1) is 16.9. The fraction of sp³-hybridized carbons (Fsp3) is 0.857. The summed E-state index contributed by atoms with van der Waals surface area (Å²) in [7, 11) is 0. The van der Waals surface area contributed by atoms with Crippen LogP contribution in [0, 0.1) is 10.8 Å². The predicted molar refractivity (Wildman–Crippen MR) is 72.1 cm³/mol. The summed E-state index contributed by atoms with van der Waals surface area (Å²) in [6.45, 7) is 12.6. The SMILES string of the molecule is CC(C)(C)CC(=O)NCCOC(=O)CC(C)(C)C. The number of hydrogen-bond donors (Lipinski definition) is 1. The van der Waals surface area contributed by atoms with Crippen LogP contribution in [0.5, 0.6) is 0 Å². The number of esters is 1. The lowest BCUT2D eigenvalue weighted by molar-refractivity contribution is -0.146. The molecule has 0 saturated heterocycles. The van der Waals surface area contributed by atoms with Gasteiger partial charge < -0.3 is 10.1 Å². The third-order valence-electron chi connectivity index (χ3n) is 2.05. The van der Waals surface area contributed by atoms with E-state index in [1.54, 1.807) is 0 Å². The lowest BCUT2D eigenvalue weighted by Gasteiger charge is -2.18. The number of amides is 1. The minimum Gasteiger partial charge on any atom is -0.464 e. The molecule has 106 valence electrons. The van der Waals surface area contributed by atoms with Crippen LogP contribution >= 0.6 is 0 Å². The summed E-state index contributed by atoms with van der Waals surface area (Å²) in [6, 6.07) is 0. The van der Waals surface area contributed by atoms with Crippen LogP contribution in [0.4, 0.5) is 0 Å². The predicted octanol–water partition coefficient (Wildman–Crippen LogP) is 2.52. The Morgan fingerprint density at radius 2 is 1.44 bits per heavy atom. The number of ether oxygens (including phenoxy) is 1. The summed E-state index contributed by atoms with van der Waals surface area (Å²) in [5.41, 5.74) is -0.0838. The molecule has 0 saturated carbocycles. The molecule has 0 aromatic rings. The van der Waals surface area contributed by atoms with Gasteiger partial charge in [-0.25, -0.2) is 0 Å². The normalized spacial score (nSPS) is 12.1. The Morgan fingerprint density at radius 1 is 0.944 bits per heavy atom. The molecule has 1 amide bonds. The molecule has 0 aliphatic carbocycles. The summed E-state index contributed by atoms with van der Waals surface area (Å²) in [6.07, 6.45) is 0.867. The molecular formula is C14H27NO3. The van der Waals surface area contributed by atoms with E-state index in [9.17, 15) is 9.59 Å². The maximum atomic E-state index is 11.5. The molecule has 0 aliphatic rings. The van der Waals surface area contributed by atoms with Crippen molar-refractivity contribution in [1.82, 2.24) is 5.32 Å². The van der Waals surface area contributed by atoms with Crippen molar-refractivity contribution in [2.24, 2.45) is 10.8 Å². The van der Waals surface area contributed by atoms with Crippen molar-refractivity contribution in [3.05, 3.63) is 0 Å². The van der Waals surface area contributed by atoms with E-state index >= 15 is 0 Å². The zero-order chi connectivity index (χ0) is 14.4. The van der Waals surface area contributed by atoms with Crippen LogP contribution < -0.4 is 5.32 Å². The van der Waals surface area contributed by atoms with Gasteiger partial charge in [-0.3, -0.25) is 9.59 Å². The summed E-state index contributed by atoms with van der Waals surface area (Å²) < 4.78 is 5.04. The van der Waals surface area contributed by atoms with Gasteiger partial charge in [0, 0.05) is 6.42 Å². The zero-order valence-electron chi connectivity index (χ0n) is 12.6. The van der Waals surface area contributed by atoms with Crippen molar-refractivity contribution in [3.63, 3.8) is 0 Å². The van der Waals surface area contributed by atoms with Gasteiger partial charge in [0.05, 0.1) is 13.0 Å². The Hall–Kier alpha value is -1.06. The average Bonchev–Trinajstić information content (AvgIpc) is 2.06. The molecule has 18 heavy (non-hydrogen) atoms. The molecule has 0 spiro atoms. The standard InChI is InChI=1S/C14H27NO3/c1-13(2,3)9-11(16)15-7-8-18-12(17)10-14(4,5)6/h7-10H2,1-6H3,(H,15,16). The first-order chi connectivity index (χ1) is 7.99. The minimum absolute atomic E-state index is 0.00521. The molecule has 0 aromatic carbocycles. The van der Waals surface area contributed by atoms with Crippen molar-refractivity contribution in [3.8, 4) is 0 Å². The van der Waals surface area contributed by atoms with Crippen molar-refractivity contribution in [2.45, 2.75) is 54.4 Å². The Balaban J connectivity index is 3.69. The topological polar surface area (TPSA) is 55.4 Å². The second-order valence-electron chi connectivity index (χ2n) is 7.05. The third-order valence-corrected chi connectivity index (χ3v) is 2.05. The lowest BCUT2D eigenvalue weighted by atomic mass is 9.92. The maximum absolute atomic E-state index is 11.5. The molecule has 1 N–H and O–H groups in total. The van der Waals surface area contributed by atoms with E-state index in [2.05, 4.69) is 5.32 Å². The van der Waals surface area contributed by atoms with E-state index in [0.717, 1.165) is 0 Å². The highest BCUT2D eigenvalue weighted by Gasteiger charge is 2.17. The van der Waals surface area contributed by atoms with Gasteiger partial charge in [0.15, 0.2) is 0 Å². The average molecular weight is 257 g/mol. The van der Waals surface area contributed by atoms with Crippen LogP contribution in [0.3, 0.4) is 0 Å². The number of nitrogens with one attached hydrogen (secondary N) is 1. The Kier molecular flexibility index (Phi) is 6.36. The van der Waals surface area contributed by atoms with E-state index in [1.807, 2.05) is 41.5 Å². The quantitative estimate of drug-likeness (QED) is 0.608. The van der Waals surface area contributed by atoms with E-state index in [-0.39, 0.29) is 29.3 Å². The smallest absolute Gasteiger partial charge is 0.306 e. The molecule has 0 radical (unpaired) electrons. The molecule has 0 aromatic heterocycles. The van der Waals surface area contributed by atoms with Crippen LogP contribution in [0.25, 0.3) is 0 Å². The number of hydrogen-bond acceptors (Lipinski definition) is 3. The fourth-order valence-corrected chi connectivity index (χ4v) is 1.38. The molecule has 0 aliphatic heterocycles. The number of carbonyl (C=O) groups excluding carboxylic acids is 2. The van der Waals surface area contributed by atoms with Gasteiger partial charge in [0.1, 0.15) is 6.61 Å². The van der Waals surface area contributed by atoms with E-state index in [4.69, 9.17) is 4.74 Å². The molecule has 0 heterocycles. The fourth-order valence-electron chi connectivity index (χ4n) is 1.38. The summed E-state index contributed by atoms with van der Waals surface area (Å²) in [4.78, 5) is 22.9. The van der Waals surface area contributed by atoms with Crippen molar-refractivity contribution < 1.29 is 14.3 Å². The molecule has 0 unspecified atom stereocenters. The second kappa shape index (κ2) is 6.76. The summed E-state index contributed by atoms with van der Waals surface area (Å²) in [5, 5.41) is 2.74. The minimum atomic E-state index is -0.215. The Labute approximate surface area is 110 Å². The summed E-state index contributed by atoms with van der Waals surface area (Å²) >= 11 is 0. The monoisotopic (exact) mass is 257 g/mol. The third kappa shape index (κ3) is 11.4. The van der Waals surface area contributed by atoms with Gasteiger partial charge in [-0.2, -0.15) is 0 Å². The molecule has 0 bridgehead atoms. The molecule has 0 rings (SSSR count). The van der Waals surface area contributed by atoms with Crippen LogP contribution in [0.15, 0.2) is 0 Å². The lowest BCUT2D eigenvalue weighted by Crippen LogP contribution is -2.31. The van der Waals surface area contributed by atoms with E-state index in [1.165, 1.54) is 0 Å². The number of rotatable bonds is 5. The van der Waals surface area contributed by atoms with E-state index < -0.39 is 0 Å². The molecular weight excluding hydrogens is 230 g/mol. The Bertz CT molecular complexity index is 254. The summed E-state index contributed by atoms with van der Waals surface area (Å²) in [5.74, 6) is -0.220. The van der Waals surface area contributed by atoms with Gasteiger partial charge in [-0.05, 0) is 10.8 Å². The highest BCUT2D eigenvalue weighted by Crippen LogP contribution is 2.19. The van der Waals surface area contributed by atoms with Gasteiger partial charge in [0.2, 0.25) is 5.91 Å². The van der Waals surface area contributed by atoms with Crippen molar-refractivity contribution in [2.75, 3.05) is 13.2 Å². The highest BCUT2D eigenvalue weighted by molar-refractivity contribution is 5.76. The molecule has 4 nitrogen and oxygen atoms in total. The van der Waals surface area contributed by atoms with Crippen molar-refractivity contribution in [1.29, 1.82) is 0 Å². The van der Waals surface area contributed by atoms with Gasteiger partial charge in [0.25, 0.3) is 0 Å². The molecule has 0 atom stereocenters. The zero-order valence-corrected chi connectivity index (χ0v) is 12.6. The van der Waals surface area contributed by atoms with Crippen LogP contribution in [-0.4, -0.2) is 25.0 Å². The molecule has 4 heteroatoms. The largest absolute Gasteiger partial charge is 0.464 e. The van der Waals surface area contributed by atoms with E-state index in [0.29, 0.717) is 19.4 Å². The van der Waals surface area contributed by atoms with Gasteiger partial charge >= 0.3 is 5.97 Å². The molecule has 0 fully saturated rings. The highest BCUT2D eigenvalue weighted by atomic mass is 16.5. The maximum Gasteiger partial charge on any atom is 0.306 e. The van der Waals surface area contributed by atoms with Crippen LogP contribution in [0.2, 0.25) is 0 Å². The first-order valence-electron chi connectivity index (χ1n) is 6.42. The number of carbonyl (C=O) groups is 2. The second-order valence-corrected chi connectivity index (χ2v) is 7.05. The van der Waals surface area contributed by atoms with Crippen LogP contribution in [-0.2, 0) is 14.3 Å². The van der Waals surface area contributed by atoms with Crippen LogP contribution in [0.1, 0.15) is 54.4 Å². The van der Waals surface area contributed by atoms with Gasteiger partial charge in [-0.1, -0.05) is 41.5 Å². The Morgan fingerprint density at radius 3 is 1.89 bits per heavy atom. The van der Waals surface area contributed by atoms with Gasteiger partial charge in [-0.15, -0.1) is 0 Å². The first-order valence-corrected chi connectivity index (χ1v) is 6.42.